The molecule has 4 nitrogen and oxygen atoms in total. The van der Waals surface area contributed by atoms with Crippen LogP contribution in [-0.4, -0.2) is 23.9 Å². The SMILES string of the molecule is [2H]C([2H])([2H])C([2H])(C)N1C=NN(c2cccc3c2oc2ccccc23)C1. The summed E-state index contributed by atoms with van der Waals surface area (Å²) in [5.41, 5.74) is 2.23. The van der Waals surface area contributed by atoms with E-state index in [4.69, 9.17) is 9.90 Å². The quantitative estimate of drug-likeness (QED) is 0.712. The predicted molar refractivity (Wildman–Crippen MR) is 86.5 cm³/mol. The van der Waals surface area contributed by atoms with Crippen molar-refractivity contribution in [1.82, 2.24) is 4.90 Å². The van der Waals surface area contributed by atoms with Gasteiger partial charge in [-0.15, -0.1) is 0 Å². The van der Waals surface area contributed by atoms with Crippen LogP contribution in [0.4, 0.5) is 5.69 Å². The van der Waals surface area contributed by atoms with Gasteiger partial charge in [0.05, 0.1) is 1.37 Å². The molecule has 1 aromatic heterocycles. The molecule has 0 fully saturated rings. The number of fused-ring (bicyclic) bond motifs is 3. The number of para-hydroxylation sites is 2. The molecule has 1 aliphatic rings. The molecule has 0 bridgehead atoms. The second-order valence-electron chi connectivity index (χ2n) is 5.08. The Kier molecular flexibility index (Phi) is 1.88. The predicted octanol–water partition coefficient (Wildman–Crippen LogP) is 4.02. The molecule has 2 aromatic carbocycles. The van der Waals surface area contributed by atoms with E-state index in [2.05, 4.69) is 5.10 Å². The minimum absolute atomic E-state index is 0.175. The third-order valence-corrected chi connectivity index (χ3v) is 3.71. The maximum absolute atomic E-state index is 8.20. The Morgan fingerprint density at radius 2 is 2.10 bits per heavy atom. The summed E-state index contributed by atoms with van der Waals surface area (Å²) in [6.45, 7) is -0.897. The molecular weight excluding hydrogens is 262 g/mol. The number of hydrazone groups is 1. The van der Waals surface area contributed by atoms with Crippen LogP contribution in [0.3, 0.4) is 0 Å². The summed E-state index contributed by atoms with van der Waals surface area (Å²) >= 11 is 0. The van der Waals surface area contributed by atoms with Crippen molar-refractivity contribution in [3.05, 3.63) is 42.5 Å². The Hall–Kier alpha value is -2.49. The van der Waals surface area contributed by atoms with Crippen molar-refractivity contribution in [3.8, 4) is 0 Å². The van der Waals surface area contributed by atoms with Crippen LogP contribution in [0.5, 0.6) is 0 Å². The van der Waals surface area contributed by atoms with Gasteiger partial charge in [-0.3, -0.25) is 0 Å². The number of hydrogen-bond acceptors (Lipinski definition) is 4. The van der Waals surface area contributed by atoms with Crippen LogP contribution in [0.1, 0.15) is 19.3 Å². The minimum atomic E-state index is -2.44. The van der Waals surface area contributed by atoms with Crippen molar-refractivity contribution in [2.24, 2.45) is 5.10 Å². The van der Waals surface area contributed by atoms with E-state index in [0.29, 0.717) is 5.58 Å². The van der Waals surface area contributed by atoms with E-state index in [9.17, 15) is 0 Å². The van der Waals surface area contributed by atoms with Crippen LogP contribution >= 0.6 is 0 Å². The number of rotatable bonds is 2. The van der Waals surface area contributed by atoms with Gasteiger partial charge in [0.1, 0.15) is 24.3 Å². The van der Waals surface area contributed by atoms with Crippen molar-refractivity contribution in [3.63, 3.8) is 0 Å². The summed E-state index contributed by atoms with van der Waals surface area (Å²) in [6, 6.07) is 11.8. The number of hydrogen-bond donors (Lipinski definition) is 0. The van der Waals surface area contributed by atoms with Gasteiger partial charge in [0.15, 0.2) is 5.58 Å². The molecule has 1 atom stereocenters. The third-order valence-electron chi connectivity index (χ3n) is 3.71. The fourth-order valence-corrected chi connectivity index (χ4v) is 2.61. The summed E-state index contributed by atoms with van der Waals surface area (Å²) in [4.78, 5) is 1.40. The lowest BCUT2D eigenvalue weighted by Crippen LogP contribution is -2.32. The fourth-order valence-electron chi connectivity index (χ4n) is 2.61. The Balaban J connectivity index is 1.74. The third kappa shape index (κ3) is 1.87. The molecule has 1 unspecified atom stereocenters. The first-order valence-electron chi connectivity index (χ1n) is 8.78. The van der Waals surface area contributed by atoms with Crippen LogP contribution in [0.15, 0.2) is 52.0 Å². The van der Waals surface area contributed by atoms with Gasteiger partial charge in [-0.05, 0) is 25.9 Å². The van der Waals surface area contributed by atoms with Crippen molar-refractivity contribution in [2.45, 2.75) is 19.8 Å². The largest absolute Gasteiger partial charge is 0.454 e. The Labute approximate surface area is 128 Å². The van der Waals surface area contributed by atoms with Crippen LogP contribution in [0.2, 0.25) is 0 Å². The van der Waals surface area contributed by atoms with Gasteiger partial charge < -0.3 is 9.32 Å². The molecule has 0 amide bonds. The van der Waals surface area contributed by atoms with Gasteiger partial charge in [0.25, 0.3) is 0 Å². The number of furan rings is 1. The van der Waals surface area contributed by atoms with Gasteiger partial charge in [-0.25, -0.2) is 5.01 Å². The molecule has 21 heavy (non-hydrogen) atoms. The summed E-state index contributed by atoms with van der Waals surface area (Å²) in [5, 5.41) is 7.95. The van der Waals surface area contributed by atoms with E-state index in [1.165, 1.54) is 18.2 Å². The minimum Gasteiger partial charge on any atom is -0.454 e. The number of anilines is 1. The second-order valence-corrected chi connectivity index (χ2v) is 5.08. The van der Waals surface area contributed by atoms with E-state index >= 15 is 0 Å². The first-order chi connectivity index (χ1) is 11.8. The summed E-state index contributed by atoms with van der Waals surface area (Å²) in [7, 11) is 0. The number of benzene rings is 2. The average molecular weight is 283 g/mol. The number of nitrogens with zero attached hydrogens (tertiary/aromatic N) is 3. The van der Waals surface area contributed by atoms with Crippen molar-refractivity contribution in [2.75, 3.05) is 11.7 Å². The fraction of sp³-hybridized carbons (Fsp3) is 0.235. The van der Waals surface area contributed by atoms with Gasteiger partial charge in [0.2, 0.25) is 0 Å². The van der Waals surface area contributed by atoms with E-state index < -0.39 is 12.9 Å². The van der Waals surface area contributed by atoms with E-state index in [1.54, 1.807) is 5.01 Å². The molecule has 4 heteroatoms. The average Bonchev–Trinajstić information content (AvgIpc) is 3.18. The highest BCUT2D eigenvalue weighted by Crippen LogP contribution is 2.35. The summed E-state index contributed by atoms with van der Waals surface area (Å²) in [6.07, 6.45) is 1.40. The zero-order chi connectivity index (χ0) is 17.8. The molecule has 2 heterocycles. The maximum atomic E-state index is 8.20. The molecule has 0 saturated heterocycles. The first kappa shape index (κ1) is 8.72. The van der Waals surface area contributed by atoms with Gasteiger partial charge in [-0.1, -0.05) is 30.3 Å². The molecule has 1 aliphatic heterocycles. The monoisotopic (exact) mass is 283 g/mol. The molecule has 0 saturated carbocycles. The Morgan fingerprint density at radius 1 is 1.24 bits per heavy atom. The van der Waals surface area contributed by atoms with Crippen LogP contribution in [0.25, 0.3) is 21.9 Å². The standard InChI is InChI=1S/C17H17N3O/c1-12(2)19-10-18-20(11-19)15-8-5-7-14-13-6-3-4-9-16(13)21-17(14)15/h3-10,12H,11H2,1-2H3/i1D3,12D. The van der Waals surface area contributed by atoms with Crippen molar-refractivity contribution in [1.29, 1.82) is 0 Å². The molecule has 0 N–H and O–H groups in total. The topological polar surface area (TPSA) is 32.0 Å². The van der Waals surface area contributed by atoms with Crippen molar-refractivity contribution >= 4 is 34.0 Å². The lowest BCUT2D eigenvalue weighted by molar-refractivity contribution is 0.381. The van der Waals surface area contributed by atoms with Gasteiger partial charge in [-0.2, -0.15) is 5.10 Å². The Bertz CT molecular complexity index is 977. The second kappa shape index (κ2) is 4.52. The highest BCUT2D eigenvalue weighted by molar-refractivity contribution is 6.08. The summed E-state index contributed by atoms with van der Waals surface area (Å²) in [5.74, 6) is 0. The van der Waals surface area contributed by atoms with E-state index in [0.717, 1.165) is 22.0 Å². The van der Waals surface area contributed by atoms with E-state index in [-0.39, 0.29) is 6.67 Å². The molecule has 106 valence electrons. The van der Waals surface area contributed by atoms with Gasteiger partial charge in [0, 0.05) is 20.9 Å². The van der Waals surface area contributed by atoms with Crippen molar-refractivity contribution < 1.29 is 9.90 Å². The highest BCUT2D eigenvalue weighted by Gasteiger charge is 2.21. The normalized spacial score (nSPS) is 21.2. The first-order valence-corrected chi connectivity index (χ1v) is 6.78. The van der Waals surface area contributed by atoms with Crippen LogP contribution < -0.4 is 5.01 Å². The maximum Gasteiger partial charge on any atom is 0.160 e. The zero-order valence-electron chi connectivity index (χ0n) is 15.6. The molecule has 0 radical (unpaired) electrons. The molecule has 4 rings (SSSR count). The smallest absolute Gasteiger partial charge is 0.160 e. The zero-order valence-corrected chi connectivity index (χ0v) is 11.6. The van der Waals surface area contributed by atoms with Gasteiger partial charge >= 0.3 is 0 Å². The lowest BCUT2D eigenvalue weighted by Gasteiger charge is -2.22. The van der Waals surface area contributed by atoms with E-state index in [1.807, 2.05) is 42.5 Å². The van der Waals surface area contributed by atoms with Crippen LogP contribution in [-0.2, 0) is 0 Å². The molecule has 3 aromatic rings. The summed E-state index contributed by atoms with van der Waals surface area (Å²) < 4.78 is 36.9. The lowest BCUT2D eigenvalue weighted by atomic mass is 10.1. The molecule has 0 aliphatic carbocycles. The van der Waals surface area contributed by atoms with Crippen LogP contribution in [0, 0.1) is 0 Å². The molecule has 0 spiro atoms. The molecular formula is C17H17N3O. The highest BCUT2D eigenvalue weighted by atomic mass is 16.3. The Morgan fingerprint density at radius 3 is 3.00 bits per heavy atom.